The van der Waals surface area contributed by atoms with Crippen LogP contribution in [0, 0.1) is 17.8 Å². The van der Waals surface area contributed by atoms with Crippen LogP contribution >= 0.6 is 0 Å². The van der Waals surface area contributed by atoms with Crippen molar-refractivity contribution in [2.24, 2.45) is 23.5 Å². The van der Waals surface area contributed by atoms with Gasteiger partial charge in [0.25, 0.3) is 0 Å². The van der Waals surface area contributed by atoms with E-state index in [1.807, 2.05) is 12.1 Å². The Kier molecular flexibility index (Phi) is 3.57. The van der Waals surface area contributed by atoms with Gasteiger partial charge in [0.1, 0.15) is 0 Å². The van der Waals surface area contributed by atoms with Gasteiger partial charge in [-0.25, -0.2) is 0 Å². The molecule has 0 aromatic heterocycles. The second kappa shape index (κ2) is 5.26. The van der Waals surface area contributed by atoms with E-state index in [2.05, 4.69) is 26.0 Å². The topological polar surface area (TPSA) is 63.4 Å². The second-order valence-corrected chi connectivity index (χ2v) is 6.68. The lowest BCUT2D eigenvalue weighted by molar-refractivity contribution is -0.141. The van der Waals surface area contributed by atoms with Crippen LogP contribution in [0.2, 0.25) is 0 Å². The van der Waals surface area contributed by atoms with Crippen LogP contribution < -0.4 is 5.73 Å². The molecular weight excluding hydrogens is 264 g/mol. The summed E-state index contributed by atoms with van der Waals surface area (Å²) in [4.78, 5) is 25.3. The van der Waals surface area contributed by atoms with Crippen LogP contribution in [0.25, 0.3) is 0 Å². The van der Waals surface area contributed by atoms with Gasteiger partial charge in [0.15, 0.2) is 0 Å². The third-order valence-corrected chi connectivity index (χ3v) is 4.39. The highest BCUT2D eigenvalue weighted by Gasteiger charge is 2.58. The molecule has 0 spiro atoms. The smallest absolute Gasteiger partial charge is 0.233 e. The quantitative estimate of drug-likeness (QED) is 0.841. The molecule has 4 heteroatoms. The normalized spacial score (nSPS) is 25.4. The fourth-order valence-electron chi connectivity index (χ4n) is 3.10. The molecule has 3 unspecified atom stereocenters. The Morgan fingerprint density at radius 3 is 2.24 bits per heavy atom. The van der Waals surface area contributed by atoms with Gasteiger partial charge in [-0.1, -0.05) is 38.1 Å². The van der Waals surface area contributed by atoms with Crippen LogP contribution in [0.3, 0.4) is 0 Å². The van der Waals surface area contributed by atoms with Crippen molar-refractivity contribution >= 4 is 11.8 Å². The number of nitrogens with zero attached hydrogens (tertiary/aromatic N) is 1. The van der Waals surface area contributed by atoms with Crippen molar-refractivity contribution in [1.82, 2.24) is 4.90 Å². The number of carbonyl (C=O) groups is 2. The van der Waals surface area contributed by atoms with Gasteiger partial charge in [0.05, 0.1) is 11.8 Å². The van der Waals surface area contributed by atoms with E-state index in [1.165, 1.54) is 10.5 Å². The molecule has 4 nitrogen and oxygen atoms in total. The van der Waals surface area contributed by atoms with Crippen molar-refractivity contribution < 1.29 is 9.59 Å². The molecule has 2 aliphatic rings. The maximum Gasteiger partial charge on any atom is 0.233 e. The molecule has 3 atom stereocenters. The largest absolute Gasteiger partial charge is 0.322 e. The van der Waals surface area contributed by atoms with Crippen molar-refractivity contribution in [3.05, 3.63) is 35.4 Å². The summed E-state index contributed by atoms with van der Waals surface area (Å²) < 4.78 is 0. The van der Waals surface area contributed by atoms with Crippen molar-refractivity contribution in [2.75, 3.05) is 6.54 Å². The summed E-state index contributed by atoms with van der Waals surface area (Å²) in [6, 6.07) is 7.88. The Morgan fingerprint density at radius 2 is 1.71 bits per heavy atom. The fraction of sp³-hybridized carbons (Fsp3) is 0.529. The average Bonchev–Trinajstić information content (AvgIpc) is 3.19. The molecule has 21 heavy (non-hydrogen) atoms. The number of likely N-dealkylation sites (tertiary alicyclic amines) is 1. The number of hydrogen-bond acceptors (Lipinski definition) is 3. The summed E-state index contributed by atoms with van der Waals surface area (Å²) in [6.07, 6.45) is 1.79. The molecule has 1 aliphatic heterocycles. The summed E-state index contributed by atoms with van der Waals surface area (Å²) in [6.45, 7) is 4.68. The minimum atomic E-state index is -0.302. The predicted molar refractivity (Wildman–Crippen MR) is 80.2 cm³/mol. The highest BCUT2D eigenvalue weighted by molar-refractivity contribution is 6.08. The number of imide groups is 1. The van der Waals surface area contributed by atoms with E-state index in [-0.39, 0.29) is 29.7 Å². The van der Waals surface area contributed by atoms with Crippen molar-refractivity contribution in [2.45, 2.75) is 32.7 Å². The monoisotopic (exact) mass is 286 g/mol. The molecule has 3 rings (SSSR count). The van der Waals surface area contributed by atoms with E-state index < -0.39 is 0 Å². The van der Waals surface area contributed by atoms with Gasteiger partial charge >= 0.3 is 0 Å². The molecule has 1 aliphatic carbocycles. The molecule has 0 radical (unpaired) electrons. The summed E-state index contributed by atoms with van der Waals surface area (Å²) >= 11 is 0. The molecule has 1 aromatic carbocycles. The Bertz CT molecular complexity index is 545. The SMILES string of the molecule is CC(C)Cc1ccc(C(N)CN2C(=O)C3CC3C2=O)cc1. The molecule has 1 aromatic rings. The summed E-state index contributed by atoms with van der Waals surface area (Å²) in [5.41, 5.74) is 8.43. The number of rotatable bonds is 5. The Hall–Kier alpha value is -1.68. The molecular formula is C17H22N2O2. The van der Waals surface area contributed by atoms with Crippen LogP contribution in [-0.2, 0) is 16.0 Å². The van der Waals surface area contributed by atoms with E-state index >= 15 is 0 Å². The van der Waals surface area contributed by atoms with E-state index in [0.717, 1.165) is 18.4 Å². The highest BCUT2D eigenvalue weighted by Crippen LogP contribution is 2.47. The molecule has 1 saturated carbocycles. The molecule has 112 valence electrons. The van der Waals surface area contributed by atoms with E-state index in [0.29, 0.717) is 12.5 Å². The lowest BCUT2D eigenvalue weighted by Gasteiger charge is -2.21. The molecule has 1 saturated heterocycles. The molecule has 1 heterocycles. The Morgan fingerprint density at radius 1 is 1.14 bits per heavy atom. The maximum atomic E-state index is 11.9. The summed E-state index contributed by atoms with van der Waals surface area (Å²) in [5, 5.41) is 0. The number of piperidine rings is 1. The zero-order valence-electron chi connectivity index (χ0n) is 12.6. The standard InChI is InChI=1S/C17H22N2O2/c1-10(2)7-11-3-5-12(6-4-11)15(18)9-19-16(20)13-8-14(13)17(19)21/h3-6,10,13-15H,7-9,18H2,1-2H3. The first-order valence-corrected chi connectivity index (χ1v) is 7.67. The van der Waals surface area contributed by atoms with Crippen LogP contribution in [-0.4, -0.2) is 23.3 Å². The van der Waals surface area contributed by atoms with Gasteiger partial charge < -0.3 is 5.73 Å². The van der Waals surface area contributed by atoms with Gasteiger partial charge in [-0.05, 0) is 29.9 Å². The van der Waals surface area contributed by atoms with E-state index in [9.17, 15) is 9.59 Å². The third-order valence-electron chi connectivity index (χ3n) is 4.39. The first-order valence-electron chi connectivity index (χ1n) is 7.67. The van der Waals surface area contributed by atoms with Gasteiger partial charge in [-0.2, -0.15) is 0 Å². The zero-order valence-corrected chi connectivity index (χ0v) is 12.6. The molecule has 2 amide bonds. The number of fused-ring (bicyclic) bond motifs is 1. The van der Waals surface area contributed by atoms with Gasteiger partial charge in [-0.15, -0.1) is 0 Å². The van der Waals surface area contributed by atoms with E-state index in [1.54, 1.807) is 0 Å². The first-order chi connectivity index (χ1) is 9.97. The Labute approximate surface area is 125 Å². The second-order valence-electron chi connectivity index (χ2n) is 6.68. The fourth-order valence-corrected chi connectivity index (χ4v) is 3.10. The molecule has 0 bridgehead atoms. The van der Waals surface area contributed by atoms with Gasteiger partial charge in [0.2, 0.25) is 11.8 Å². The lowest BCUT2D eigenvalue weighted by Crippen LogP contribution is -2.38. The van der Waals surface area contributed by atoms with Crippen LogP contribution in [0.15, 0.2) is 24.3 Å². The van der Waals surface area contributed by atoms with Crippen LogP contribution in [0.5, 0.6) is 0 Å². The number of benzene rings is 1. The minimum absolute atomic E-state index is 0.0307. The van der Waals surface area contributed by atoms with Gasteiger partial charge in [-0.3, -0.25) is 14.5 Å². The van der Waals surface area contributed by atoms with E-state index in [4.69, 9.17) is 5.73 Å². The maximum absolute atomic E-state index is 11.9. The third kappa shape index (κ3) is 2.72. The minimum Gasteiger partial charge on any atom is -0.322 e. The van der Waals surface area contributed by atoms with Crippen LogP contribution in [0.1, 0.15) is 37.4 Å². The average molecular weight is 286 g/mol. The Balaban J connectivity index is 1.64. The highest BCUT2D eigenvalue weighted by atomic mass is 16.2. The number of amides is 2. The number of carbonyl (C=O) groups excluding carboxylic acids is 2. The van der Waals surface area contributed by atoms with Crippen molar-refractivity contribution in [1.29, 1.82) is 0 Å². The molecule has 2 fully saturated rings. The number of hydrogen-bond donors (Lipinski definition) is 1. The van der Waals surface area contributed by atoms with Gasteiger partial charge in [0, 0.05) is 12.6 Å². The summed E-state index contributed by atoms with van der Waals surface area (Å²) in [5.74, 6) is 0.473. The number of nitrogens with two attached hydrogens (primary N) is 1. The molecule has 2 N–H and O–H groups in total. The van der Waals surface area contributed by atoms with Crippen molar-refractivity contribution in [3.8, 4) is 0 Å². The first kappa shape index (κ1) is 14.3. The van der Waals surface area contributed by atoms with Crippen LogP contribution in [0.4, 0.5) is 0 Å². The summed E-state index contributed by atoms with van der Waals surface area (Å²) in [7, 11) is 0. The lowest BCUT2D eigenvalue weighted by atomic mass is 9.99. The predicted octanol–water partition coefficient (Wildman–Crippen LogP) is 1.89. The van der Waals surface area contributed by atoms with Crippen molar-refractivity contribution in [3.63, 3.8) is 0 Å². The zero-order chi connectivity index (χ0) is 15.1.